The van der Waals surface area contributed by atoms with Crippen LogP contribution in [0.1, 0.15) is 34.3 Å². The van der Waals surface area contributed by atoms with Crippen molar-refractivity contribution in [3.05, 3.63) is 94.0 Å². The van der Waals surface area contributed by atoms with Gasteiger partial charge in [0.05, 0.1) is 10.6 Å². The number of amides is 1. The zero-order valence-electron chi connectivity index (χ0n) is 16.5. The number of benzene rings is 3. The van der Waals surface area contributed by atoms with E-state index < -0.39 is 10.0 Å². The number of nitrogens with one attached hydrogen (secondary N) is 2. The predicted octanol–water partition coefficient (Wildman–Crippen LogP) is 4.72. The van der Waals surface area contributed by atoms with Gasteiger partial charge in [-0.3, -0.25) is 9.52 Å². The Hall–Kier alpha value is -2.97. The molecule has 0 spiro atoms. The summed E-state index contributed by atoms with van der Waals surface area (Å²) in [5.74, 6) is -0.349. The maximum atomic E-state index is 12.5. The Labute approximate surface area is 189 Å². The zero-order chi connectivity index (χ0) is 21.8. The van der Waals surface area contributed by atoms with Gasteiger partial charge in [-0.15, -0.1) is 0 Å². The van der Waals surface area contributed by atoms with Gasteiger partial charge < -0.3 is 0 Å². The molecule has 0 saturated heterocycles. The van der Waals surface area contributed by atoms with E-state index in [-0.39, 0.29) is 10.8 Å². The lowest BCUT2D eigenvalue weighted by atomic mass is 9.90. The molecule has 0 radical (unpaired) electrons. The highest BCUT2D eigenvalue weighted by Gasteiger charge is 2.16. The van der Waals surface area contributed by atoms with Gasteiger partial charge in [0.25, 0.3) is 15.9 Å². The highest BCUT2D eigenvalue weighted by molar-refractivity contribution is 9.10. The van der Waals surface area contributed by atoms with Crippen molar-refractivity contribution in [2.45, 2.75) is 24.2 Å². The fourth-order valence-electron chi connectivity index (χ4n) is 3.42. The molecule has 4 rings (SSSR count). The summed E-state index contributed by atoms with van der Waals surface area (Å²) in [6.45, 7) is 0. The van der Waals surface area contributed by atoms with Gasteiger partial charge in [0, 0.05) is 21.3 Å². The molecule has 0 fully saturated rings. The number of hydrogen-bond acceptors (Lipinski definition) is 4. The van der Waals surface area contributed by atoms with Gasteiger partial charge in [0.15, 0.2) is 0 Å². The maximum Gasteiger partial charge on any atom is 0.271 e. The van der Waals surface area contributed by atoms with Crippen molar-refractivity contribution in [3.8, 4) is 0 Å². The van der Waals surface area contributed by atoms with E-state index >= 15 is 0 Å². The van der Waals surface area contributed by atoms with Crippen LogP contribution < -0.4 is 10.1 Å². The first-order valence-electron chi connectivity index (χ1n) is 9.76. The molecule has 1 aliphatic rings. The summed E-state index contributed by atoms with van der Waals surface area (Å²) in [7, 11) is -3.71. The van der Waals surface area contributed by atoms with Crippen LogP contribution >= 0.6 is 15.9 Å². The standard InChI is InChI=1S/C23H20BrN3O3S/c24-18-10-14-20(15-11-18)31(29,30)27-19-12-8-17(9-13-19)23(28)26-25-22-7-3-5-16-4-1-2-6-21(16)22/h1-2,4,6,8-15,27H,3,5,7H2,(H,26,28)/b25-22-. The minimum absolute atomic E-state index is 0.154. The predicted molar refractivity (Wildman–Crippen MR) is 125 cm³/mol. The highest BCUT2D eigenvalue weighted by atomic mass is 79.9. The Morgan fingerprint density at radius 3 is 2.35 bits per heavy atom. The zero-order valence-corrected chi connectivity index (χ0v) is 18.9. The molecule has 1 amide bonds. The van der Waals surface area contributed by atoms with E-state index in [0.717, 1.165) is 35.0 Å². The van der Waals surface area contributed by atoms with Crippen molar-refractivity contribution in [1.82, 2.24) is 5.43 Å². The van der Waals surface area contributed by atoms with Gasteiger partial charge >= 0.3 is 0 Å². The molecule has 0 saturated carbocycles. The van der Waals surface area contributed by atoms with Crippen LogP contribution in [0.15, 0.2) is 87.3 Å². The fraction of sp³-hybridized carbons (Fsp3) is 0.130. The van der Waals surface area contributed by atoms with Crippen LogP contribution in [-0.4, -0.2) is 20.0 Å². The first kappa shape index (κ1) is 21.3. The highest BCUT2D eigenvalue weighted by Crippen LogP contribution is 2.22. The lowest BCUT2D eigenvalue weighted by Gasteiger charge is -2.17. The van der Waals surface area contributed by atoms with Crippen LogP contribution in [0.2, 0.25) is 0 Å². The third-order valence-electron chi connectivity index (χ3n) is 5.00. The van der Waals surface area contributed by atoms with E-state index in [1.807, 2.05) is 18.2 Å². The van der Waals surface area contributed by atoms with Crippen molar-refractivity contribution in [3.63, 3.8) is 0 Å². The smallest absolute Gasteiger partial charge is 0.271 e. The minimum Gasteiger partial charge on any atom is -0.280 e. The Bertz CT molecular complexity index is 1240. The first-order chi connectivity index (χ1) is 14.9. The summed E-state index contributed by atoms with van der Waals surface area (Å²) in [5, 5.41) is 4.33. The summed E-state index contributed by atoms with van der Waals surface area (Å²) < 4.78 is 28.3. The van der Waals surface area contributed by atoms with Crippen molar-refractivity contribution in [1.29, 1.82) is 0 Å². The molecule has 3 aromatic carbocycles. The average molecular weight is 498 g/mol. The van der Waals surface area contributed by atoms with Crippen molar-refractivity contribution in [2.75, 3.05) is 4.72 Å². The number of sulfonamides is 1. The molecule has 0 unspecified atom stereocenters. The lowest BCUT2D eigenvalue weighted by molar-refractivity contribution is 0.0954. The molecule has 6 nitrogen and oxygen atoms in total. The van der Waals surface area contributed by atoms with Crippen molar-refractivity contribution < 1.29 is 13.2 Å². The third-order valence-corrected chi connectivity index (χ3v) is 6.93. The van der Waals surface area contributed by atoms with E-state index in [2.05, 4.69) is 37.2 Å². The van der Waals surface area contributed by atoms with Gasteiger partial charge in [0.2, 0.25) is 0 Å². The van der Waals surface area contributed by atoms with Gasteiger partial charge in [-0.2, -0.15) is 5.10 Å². The number of aryl methyl sites for hydroxylation is 1. The topological polar surface area (TPSA) is 87.6 Å². The number of hydrogen-bond donors (Lipinski definition) is 2. The molecule has 3 aromatic rings. The summed E-state index contributed by atoms with van der Waals surface area (Å²) >= 11 is 3.28. The molecule has 0 aromatic heterocycles. The number of nitrogens with zero attached hydrogens (tertiary/aromatic N) is 1. The van der Waals surface area contributed by atoms with Crippen LogP contribution in [0.3, 0.4) is 0 Å². The summed E-state index contributed by atoms with van der Waals surface area (Å²) in [5.41, 5.74) is 6.56. The molecule has 0 atom stereocenters. The largest absolute Gasteiger partial charge is 0.280 e. The second kappa shape index (κ2) is 9.03. The third kappa shape index (κ3) is 5.03. The van der Waals surface area contributed by atoms with Crippen molar-refractivity contribution >= 4 is 43.3 Å². The van der Waals surface area contributed by atoms with Crippen LogP contribution in [0.5, 0.6) is 0 Å². The molecular weight excluding hydrogens is 478 g/mol. The van der Waals surface area contributed by atoms with E-state index in [9.17, 15) is 13.2 Å². The molecule has 31 heavy (non-hydrogen) atoms. The number of halogens is 1. The van der Waals surface area contributed by atoms with Gasteiger partial charge in [0.1, 0.15) is 0 Å². The minimum atomic E-state index is -3.71. The second-order valence-electron chi connectivity index (χ2n) is 7.15. The lowest BCUT2D eigenvalue weighted by Crippen LogP contribution is -2.22. The molecule has 1 aliphatic carbocycles. The monoisotopic (exact) mass is 497 g/mol. The fourth-order valence-corrected chi connectivity index (χ4v) is 4.74. The molecule has 2 N–H and O–H groups in total. The number of anilines is 1. The number of carbonyl (C=O) groups excluding carboxylic acids is 1. The quantitative estimate of drug-likeness (QED) is 0.499. The van der Waals surface area contributed by atoms with E-state index in [1.165, 1.54) is 17.7 Å². The van der Waals surface area contributed by atoms with E-state index in [4.69, 9.17) is 0 Å². The number of rotatable bonds is 5. The average Bonchev–Trinajstić information content (AvgIpc) is 2.78. The van der Waals surface area contributed by atoms with Gasteiger partial charge in [-0.05, 0) is 73.4 Å². The van der Waals surface area contributed by atoms with E-state index in [1.54, 1.807) is 36.4 Å². The SMILES string of the molecule is O=C(N/N=C1/CCCc2ccccc21)c1ccc(NS(=O)(=O)c2ccc(Br)cc2)cc1. The number of carbonyl (C=O) groups is 1. The first-order valence-corrected chi connectivity index (χ1v) is 12.0. The van der Waals surface area contributed by atoms with E-state index in [0.29, 0.717) is 11.3 Å². The Kier molecular flexibility index (Phi) is 6.20. The number of fused-ring (bicyclic) bond motifs is 1. The van der Waals surface area contributed by atoms with Crippen LogP contribution in [-0.2, 0) is 16.4 Å². The summed E-state index contributed by atoms with van der Waals surface area (Å²) in [4.78, 5) is 12.6. The van der Waals surface area contributed by atoms with Crippen molar-refractivity contribution in [2.24, 2.45) is 5.10 Å². The number of hydrazone groups is 1. The molecule has 0 aliphatic heterocycles. The Morgan fingerprint density at radius 1 is 0.903 bits per heavy atom. The summed E-state index contributed by atoms with van der Waals surface area (Å²) in [6.07, 6.45) is 2.83. The molecular formula is C23H20BrN3O3S. The Morgan fingerprint density at radius 2 is 1.61 bits per heavy atom. The Balaban J connectivity index is 1.44. The van der Waals surface area contributed by atoms with Crippen LogP contribution in [0.4, 0.5) is 5.69 Å². The van der Waals surface area contributed by atoms with Crippen LogP contribution in [0, 0.1) is 0 Å². The second-order valence-corrected chi connectivity index (χ2v) is 9.74. The van der Waals surface area contributed by atoms with Gasteiger partial charge in [-0.1, -0.05) is 40.2 Å². The normalized spacial score (nSPS) is 14.7. The molecule has 158 valence electrons. The molecule has 8 heteroatoms. The maximum absolute atomic E-state index is 12.5. The van der Waals surface area contributed by atoms with Crippen LogP contribution in [0.25, 0.3) is 0 Å². The van der Waals surface area contributed by atoms with Gasteiger partial charge in [-0.25, -0.2) is 13.8 Å². The molecule has 0 heterocycles. The molecule has 0 bridgehead atoms. The summed E-state index contributed by atoms with van der Waals surface area (Å²) in [6, 6.07) is 20.6.